The van der Waals surface area contributed by atoms with E-state index < -0.39 is 0 Å². The summed E-state index contributed by atoms with van der Waals surface area (Å²) in [7, 11) is 0. The predicted molar refractivity (Wildman–Crippen MR) is 585 cm³/mol. The molecular weight excluding hydrogens is 1920 g/mol. The van der Waals surface area contributed by atoms with Crippen LogP contribution < -0.4 is 0 Å². The molecule has 0 N–H and O–H groups in total. The van der Waals surface area contributed by atoms with E-state index in [0.717, 1.165) is 182 Å². The maximum atomic E-state index is 4.54. The standard InChI is InChI=1S/2C24H22N4.C24H20N4.3C18H17N3.2Fe/c3*1(19-5-11-25-12-6-19)3-21-9-15-27-23(17-21)24-18-22(10-16-28-24)4-2-20-7-13-26-14-8-20;3*1-14-4-10-20-17(12-14)18-13-16(7-11-21-18)3-2-15-5-8-19-9-6-15;;/h2*5-18H,1-4H2;1,3,5-18H,2,4H2;3*4-13H,2-3H2,1H3;;/b;;3-1+;;;;;. The molecule has 0 fully saturated rings. The SMILES string of the molecule is C(=C\c1ccnc(-c2cc(CCc3ccncc3)ccn2)c1)/c1ccncc1.Cc1ccnc(-c2cc(CCc3ccncc3)ccn2)c1.Cc1ccnc(-c2cc(CCc3ccncc3)ccn2)c1.Cc1ccnc(-c2cc(CCc3ccncc3)ccn2)c1.[Fe].[Fe].c1cc(CCc2ccnc(-c3cc(CCc4ccncc4)ccn3)c2)ccn1.c1cc(CCc2ccnc(-c3cc(CCc4ccncc4)ccn3)c2)ccn1. The van der Waals surface area contributed by atoms with Gasteiger partial charge >= 0.3 is 0 Å². The molecule has 149 heavy (non-hydrogen) atoms. The minimum absolute atomic E-state index is 0. The van der Waals surface area contributed by atoms with Crippen LogP contribution in [-0.4, -0.2) is 105 Å². The Kier molecular flexibility index (Phi) is 42.9. The van der Waals surface area contributed by atoms with Gasteiger partial charge in [-0.25, -0.2) is 0 Å². The van der Waals surface area contributed by atoms with E-state index in [4.69, 9.17) is 0 Å². The molecular formula is C126H115Fe2N21. The zero-order valence-corrected chi connectivity index (χ0v) is 85.8. The van der Waals surface area contributed by atoms with E-state index in [1.54, 1.807) is 12.4 Å². The van der Waals surface area contributed by atoms with Crippen LogP contribution in [0.1, 0.15) is 117 Å². The summed E-state index contributed by atoms with van der Waals surface area (Å²) in [5.41, 5.74) is 37.4. The number of nitrogens with zero attached hydrogens (tertiary/aromatic N) is 21. The molecule has 23 heteroatoms. The normalized spacial score (nSPS) is 10.5. The second kappa shape index (κ2) is 59.4. The molecule has 21 heterocycles. The van der Waals surface area contributed by atoms with E-state index in [0.29, 0.717) is 0 Å². The summed E-state index contributed by atoms with van der Waals surface area (Å²) in [6.07, 6.45) is 75.2. The third-order valence-corrected chi connectivity index (χ3v) is 24.5. The van der Waals surface area contributed by atoms with Crippen molar-refractivity contribution in [1.82, 2.24) is 105 Å². The first-order chi connectivity index (χ1) is 72.5. The molecule has 21 aromatic heterocycles. The smallest absolute Gasteiger partial charge is 0.0892 e. The van der Waals surface area contributed by atoms with Crippen molar-refractivity contribution in [1.29, 1.82) is 0 Å². The summed E-state index contributed by atoms with van der Waals surface area (Å²) in [5.74, 6) is 0. The van der Waals surface area contributed by atoms with Crippen molar-refractivity contribution in [2.45, 2.75) is 124 Å². The zero-order valence-electron chi connectivity index (χ0n) is 83.6. The minimum Gasteiger partial charge on any atom is -0.265 e. The Bertz CT molecular complexity index is 6950. The van der Waals surface area contributed by atoms with Crippen molar-refractivity contribution < 1.29 is 34.1 Å². The predicted octanol–water partition coefficient (Wildman–Crippen LogP) is 24.8. The fourth-order valence-corrected chi connectivity index (χ4v) is 16.3. The van der Waals surface area contributed by atoms with Crippen LogP contribution in [0.5, 0.6) is 0 Å². The van der Waals surface area contributed by atoms with Gasteiger partial charge in [0.25, 0.3) is 0 Å². The van der Waals surface area contributed by atoms with Crippen LogP contribution in [0.4, 0.5) is 0 Å². The maximum Gasteiger partial charge on any atom is 0.0892 e. The van der Waals surface area contributed by atoms with Crippen LogP contribution in [0, 0.1) is 20.8 Å². The van der Waals surface area contributed by atoms with Gasteiger partial charge in [0, 0.05) is 220 Å². The first kappa shape index (κ1) is 108. The molecule has 0 amide bonds. The van der Waals surface area contributed by atoms with Gasteiger partial charge in [0.2, 0.25) is 0 Å². The fraction of sp³-hybridized carbons (Fsp3) is 0.151. The largest absolute Gasteiger partial charge is 0.265 e. The number of pyridine rings is 21. The van der Waals surface area contributed by atoms with Crippen LogP contribution in [0.3, 0.4) is 0 Å². The number of hydrogen-bond acceptors (Lipinski definition) is 21. The number of rotatable bonds is 32. The van der Waals surface area contributed by atoms with Gasteiger partial charge in [-0.1, -0.05) is 12.2 Å². The molecule has 740 valence electrons. The van der Waals surface area contributed by atoms with Crippen molar-refractivity contribution in [3.8, 4) is 68.3 Å². The summed E-state index contributed by atoms with van der Waals surface area (Å²) in [6, 6.07) is 86.9. The van der Waals surface area contributed by atoms with Crippen LogP contribution in [-0.2, 0) is 137 Å². The van der Waals surface area contributed by atoms with Gasteiger partial charge in [0.1, 0.15) is 0 Å². The average molecular weight is 2040 g/mol. The molecule has 21 aromatic rings. The van der Waals surface area contributed by atoms with Gasteiger partial charge in [-0.3, -0.25) is 105 Å². The van der Waals surface area contributed by atoms with Gasteiger partial charge in [-0.05, 0) is 495 Å². The number of hydrogen-bond donors (Lipinski definition) is 0. The second-order valence-corrected chi connectivity index (χ2v) is 35.5. The van der Waals surface area contributed by atoms with Gasteiger partial charge in [-0.15, -0.1) is 0 Å². The Hall–Kier alpha value is -17.1. The van der Waals surface area contributed by atoms with Crippen LogP contribution >= 0.6 is 0 Å². The van der Waals surface area contributed by atoms with Crippen molar-refractivity contribution in [3.05, 3.63) is 558 Å². The zero-order chi connectivity index (χ0) is 101. The summed E-state index contributed by atoms with van der Waals surface area (Å²) >= 11 is 0. The van der Waals surface area contributed by atoms with Gasteiger partial charge in [0.15, 0.2) is 0 Å². The van der Waals surface area contributed by atoms with Crippen molar-refractivity contribution in [2.75, 3.05) is 0 Å². The topological polar surface area (TPSA) is 271 Å². The van der Waals surface area contributed by atoms with Gasteiger partial charge in [-0.2, -0.15) is 0 Å². The minimum atomic E-state index is 0. The van der Waals surface area contributed by atoms with Crippen LogP contribution in [0.15, 0.2) is 441 Å². The maximum absolute atomic E-state index is 4.54. The van der Waals surface area contributed by atoms with E-state index in [1.165, 1.54) is 106 Å². The van der Waals surface area contributed by atoms with Crippen LogP contribution in [0.25, 0.3) is 80.5 Å². The first-order valence-corrected chi connectivity index (χ1v) is 49.6. The average Bonchev–Trinajstić information content (AvgIpc) is 0.876. The Morgan fingerprint density at radius 3 is 0.423 bits per heavy atom. The molecule has 0 aliphatic rings. The van der Waals surface area contributed by atoms with Crippen LogP contribution in [0.2, 0.25) is 0 Å². The van der Waals surface area contributed by atoms with Gasteiger partial charge < -0.3 is 0 Å². The summed E-state index contributed by atoms with van der Waals surface area (Å²) in [4.78, 5) is 90.2. The Morgan fingerprint density at radius 2 is 0.248 bits per heavy atom. The van der Waals surface area contributed by atoms with E-state index in [1.807, 2.05) is 210 Å². The Balaban J connectivity index is 0.000000141. The molecule has 21 rings (SSSR count). The molecule has 0 unspecified atom stereocenters. The molecule has 0 spiro atoms. The number of aromatic nitrogens is 21. The molecule has 0 atom stereocenters. The van der Waals surface area contributed by atoms with E-state index in [-0.39, 0.29) is 34.1 Å². The molecule has 0 aliphatic carbocycles. The summed E-state index contributed by atoms with van der Waals surface area (Å²) < 4.78 is 0. The number of aryl methyl sites for hydroxylation is 19. The van der Waals surface area contributed by atoms with E-state index >= 15 is 0 Å². The second-order valence-electron chi connectivity index (χ2n) is 35.5. The third kappa shape index (κ3) is 36.6. The van der Waals surface area contributed by atoms with E-state index in [2.05, 4.69) is 356 Å². The van der Waals surface area contributed by atoms with Crippen molar-refractivity contribution in [2.24, 2.45) is 0 Å². The molecule has 0 radical (unpaired) electrons. The monoisotopic (exact) mass is 2030 g/mol. The molecule has 21 nitrogen and oxygen atoms in total. The quantitative estimate of drug-likeness (QED) is 0.0354. The van der Waals surface area contributed by atoms with E-state index in [9.17, 15) is 0 Å². The molecule has 0 aromatic carbocycles. The molecule has 0 saturated carbocycles. The Morgan fingerprint density at radius 1 is 0.128 bits per heavy atom. The van der Waals surface area contributed by atoms with Gasteiger partial charge in [0.05, 0.1) is 68.3 Å². The fourth-order valence-electron chi connectivity index (χ4n) is 16.3. The molecule has 0 aliphatic heterocycles. The van der Waals surface area contributed by atoms with Crippen molar-refractivity contribution >= 4 is 12.2 Å². The summed E-state index contributed by atoms with van der Waals surface area (Å²) in [6.45, 7) is 6.20. The first-order valence-electron chi connectivity index (χ1n) is 49.6. The Labute approximate surface area is 893 Å². The third-order valence-electron chi connectivity index (χ3n) is 24.5. The summed E-state index contributed by atoms with van der Waals surface area (Å²) in [5, 5.41) is 0. The molecule has 0 saturated heterocycles. The van der Waals surface area contributed by atoms with Crippen molar-refractivity contribution in [3.63, 3.8) is 0 Å². The molecule has 0 bridgehead atoms.